The van der Waals surface area contributed by atoms with Gasteiger partial charge in [0.2, 0.25) is 0 Å². The number of hydrogen-bond acceptors (Lipinski definition) is 1. The van der Waals surface area contributed by atoms with Gasteiger partial charge >= 0.3 is 0 Å². The van der Waals surface area contributed by atoms with Crippen molar-refractivity contribution in [2.45, 2.75) is 66.2 Å². The fourth-order valence-corrected chi connectivity index (χ4v) is 2.79. The molecule has 0 saturated heterocycles. The van der Waals surface area contributed by atoms with Crippen molar-refractivity contribution in [3.8, 4) is 0 Å². The number of nitrogens with zero attached hydrogens (tertiary/aromatic N) is 1. The molecule has 0 rings (SSSR count). The molecule has 0 heterocycles. The molecule has 16 heavy (non-hydrogen) atoms. The first-order valence-electron chi connectivity index (χ1n) is 7.09. The summed E-state index contributed by atoms with van der Waals surface area (Å²) < 4.78 is 1.39. The van der Waals surface area contributed by atoms with Crippen molar-refractivity contribution in [3.05, 3.63) is 0 Å². The van der Waals surface area contributed by atoms with Crippen LogP contribution in [0.4, 0.5) is 0 Å². The molecular formula is C14H33NO. The molecule has 0 aliphatic rings. The highest BCUT2D eigenvalue weighted by atomic mass is 16.0. The molecule has 0 aromatic carbocycles. The van der Waals surface area contributed by atoms with Crippen molar-refractivity contribution < 1.29 is 9.96 Å². The smallest absolute Gasteiger partial charge is 0.0786 e. The van der Waals surface area contributed by atoms with Gasteiger partial charge in [0.25, 0.3) is 0 Å². The minimum Gasteiger partial charge on any atom is -0.870 e. The Bertz CT molecular complexity index is 120. The van der Waals surface area contributed by atoms with Gasteiger partial charge in [-0.15, -0.1) is 0 Å². The summed E-state index contributed by atoms with van der Waals surface area (Å²) in [6, 6.07) is 0. The van der Waals surface area contributed by atoms with E-state index in [1.807, 2.05) is 0 Å². The molecule has 2 heteroatoms. The Morgan fingerprint density at radius 2 is 1.00 bits per heavy atom. The van der Waals surface area contributed by atoms with E-state index in [2.05, 4.69) is 27.7 Å². The van der Waals surface area contributed by atoms with Crippen molar-refractivity contribution in [2.24, 2.45) is 0 Å². The van der Waals surface area contributed by atoms with Crippen LogP contribution in [0, 0.1) is 0 Å². The maximum atomic E-state index is 2.33. The van der Waals surface area contributed by atoms with E-state index in [1.54, 1.807) is 0 Å². The molecule has 2 nitrogen and oxygen atoms in total. The van der Waals surface area contributed by atoms with Crippen molar-refractivity contribution in [1.82, 2.24) is 0 Å². The van der Waals surface area contributed by atoms with Gasteiger partial charge in [0, 0.05) is 0 Å². The average Bonchev–Trinajstić information content (AvgIpc) is 2.19. The van der Waals surface area contributed by atoms with Crippen LogP contribution in [-0.2, 0) is 0 Å². The Balaban J connectivity index is 0. The topological polar surface area (TPSA) is 30.0 Å². The van der Waals surface area contributed by atoms with Crippen LogP contribution in [0.5, 0.6) is 0 Å². The monoisotopic (exact) mass is 231 g/mol. The summed E-state index contributed by atoms with van der Waals surface area (Å²) in [5.74, 6) is 0. The Kier molecular flexibility index (Phi) is 13.0. The molecule has 0 atom stereocenters. The fraction of sp³-hybridized carbons (Fsp3) is 1.00. The lowest BCUT2D eigenvalue weighted by atomic mass is 10.1. The predicted octanol–water partition coefficient (Wildman–Crippen LogP) is 4.05. The second kappa shape index (κ2) is 11.4. The van der Waals surface area contributed by atoms with E-state index in [-0.39, 0.29) is 5.48 Å². The zero-order chi connectivity index (χ0) is 11.6. The van der Waals surface area contributed by atoms with E-state index in [9.17, 15) is 0 Å². The molecule has 0 aromatic rings. The van der Waals surface area contributed by atoms with Crippen LogP contribution >= 0.6 is 0 Å². The highest BCUT2D eigenvalue weighted by molar-refractivity contribution is 4.46. The van der Waals surface area contributed by atoms with E-state index >= 15 is 0 Å². The molecular weight excluding hydrogens is 198 g/mol. The summed E-state index contributed by atoms with van der Waals surface area (Å²) in [7, 11) is 0. The number of hydrogen-bond donors (Lipinski definition) is 0. The molecule has 1 N–H and O–H groups in total. The van der Waals surface area contributed by atoms with Crippen LogP contribution in [0.1, 0.15) is 66.2 Å². The molecule has 100 valence electrons. The van der Waals surface area contributed by atoms with Gasteiger partial charge in [0.1, 0.15) is 0 Å². The van der Waals surface area contributed by atoms with E-state index < -0.39 is 0 Å². The van der Waals surface area contributed by atoms with Crippen LogP contribution in [0.3, 0.4) is 0 Å². The maximum Gasteiger partial charge on any atom is 0.0786 e. The summed E-state index contributed by atoms with van der Waals surface area (Å²) >= 11 is 0. The van der Waals surface area contributed by atoms with Crippen LogP contribution in [-0.4, -0.2) is 36.1 Å². The summed E-state index contributed by atoms with van der Waals surface area (Å²) in [6.07, 6.45) is 8.21. The van der Waals surface area contributed by atoms with E-state index in [0.29, 0.717) is 0 Å². The average molecular weight is 231 g/mol. The third kappa shape index (κ3) is 7.24. The molecule has 0 amide bonds. The van der Waals surface area contributed by atoms with Crippen LogP contribution in [0.15, 0.2) is 0 Å². The molecule has 0 unspecified atom stereocenters. The largest absolute Gasteiger partial charge is 0.870 e. The minimum absolute atomic E-state index is 0. The first-order valence-corrected chi connectivity index (χ1v) is 7.09. The van der Waals surface area contributed by atoms with Gasteiger partial charge in [0.15, 0.2) is 0 Å². The zero-order valence-corrected chi connectivity index (χ0v) is 12.0. The molecule has 0 saturated carbocycles. The molecule has 0 radical (unpaired) electrons. The highest BCUT2D eigenvalue weighted by Gasteiger charge is 2.23. The zero-order valence-electron chi connectivity index (χ0n) is 12.0. The Hall–Kier alpha value is -0.0800. The molecule has 0 aliphatic heterocycles. The van der Waals surface area contributed by atoms with E-state index in [1.165, 1.54) is 69.2 Å². The SMILES string of the molecule is CCCCC[N+](CCC)(CCC)CCC.[OH-]. The number of unbranched alkanes of at least 4 members (excludes halogenated alkanes) is 2. The lowest BCUT2D eigenvalue weighted by Gasteiger charge is -2.38. The van der Waals surface area contributed by atoms with Gasteiger partial charge in [-0.3, -0.25) is 0 Å². The summed E-state index contributed by atoms with van der Waals surface area (Å²) in [5.41, 5.74) is 0. The molecule has 0 spiro atoms. The van der Waals surface area contributed by atoms with Gasteiger partial charge in [-0.2, -0.15) is 0 Å². The van der Waals surface area contributed by atoms with Crippen molar-refractivity contribution in [3.63, 3.8) is 0 Å². The second-order valence-corrected chi connectivity index (χ2v) is 4.94. The number of rotatable bonds is 10. The van der Waals surface area contributed by atoms with Gasteiger partial charge < -0.3 is 9.96 Å². The molecule has 0 bridgehead atoms. The fourth-order valence-electron chi connectivity index (χ4n) is 2.79. The summed E-state index contributed by atoms with van der Waals surface area (Å²) in [6.45, 7) is 14.9. The predicted molar refractivity (Wildman–Crippen MR) is 72.1 cm³/mol. The summed E-state index contributed by atoms with van der Waals surface area (Å²) in [4.78, 5) is 0. The normalized spacial score (nSPS) is 11.2. The second-order valence-electron chi connectivity index (χ2n) is 4.94. The van der Waals surface area contributed by atoms with Crippen molar-refractivity contribution in [2.75, 3.05) is 26.2 Å². The minimum atomic E-state index is 0. The quantitative estimate of drug-likeness (QED) is 0.412. The Morgan fingerprint density at radius 1 is 0.562 bits per heavy atom. The summed E-state index contributed by atoms with van der Waals surface area (Å²) in [5, 5.41) is 0. The lowest BCUT2D eigenvalue weighted by Crippen LogP contribution is -2.50. The van der Waals surface area contributed by atoms with Crippen molar-refractivity contribution in [1.29, 1.82) is 0 Å². The van der Waals surface area contributed by atoms with Gasteiger partial charge in [-0.05, 0) is 32.1 Å². The van der Waals surface area contributed by atoms with Crippen LogP contribution in [0.25, 0.3) is 0 Å². The standard InChI is InChI=1S/C14H32N.H2O/c1-5-9-10-14-15(11-6-2,12-7-3)13-8-4;/h5-14H2,1-4H3;1H2/q+1;/p-1. The van der Waals surface area contributed by atoms with Gasteiger partial charge in [-0.25, -0.2) is 0 Å². The third-order valence-electron chi connectivity index (χ3n) is 3.33. The molecule has 0 aliphatic carbocycles. The van der Waals surface area contributed by atoms with Crippen molar-refractivity contribution >= 4 is 0 Å². The van der Waals surface area contributed by atoms with Crippen LogP contribution < -0.4 is 0 Å². The first kappa shape index (κ1) is 18.3. The Morgan fingerprint density at radius 3 is 1.31 bits per heavy atom. The first-order chi connectivity index (χ1) is 7.24. The highest BCUT2D eigenvalue weighted by Crippen LogP contribution is 2.14. The number of quaternary nitrogens is 1. The Labute approximate surface area is 103 Å². The van der Waals surface area contributed by atoms with E-state index in [0.717, 1.165) is 0 Å². The molecule has 0 fully saturated rings. The van der Waals surface area contributed by atoms with Crippen LogP contribution in [0.2, 0.25) is 0 Å². The lowest BCUT2D eigenvalue weighted by molar-refractivity contribution is -0.928. The van der Waals surface area contributed by atoms with Gasteiger partial charge in [-0.1, -0.05) is 34.1 Å². The van der Waals surface area contributed by atoms with E-state index in [4.69, 9.17) is 0 Å². The third-order valence-corrected chi connectivity index (χ3v) is 3.33. The molecule has 0 aromatic heterocycles. The van der Waals surface area contributed by atoms with Gasteiger partial charge in [0.05, 0.1) is 26.2 Å². The maximum absolute atomic E-state index is 2.33.